The fraction of sp³-hybridized carbons (Fsp3) is 0.844. The summed E-state index contributed by atoms with van der Waals surface area (Å²) in [5.41, 5.74) is -0.0445. The van der Waals surface area contributed by atoms with E-state index in [9.17, 15) is 22.5 Å². The minimum Gasteiger partial charge on any atom is -0.444 e. The molecule has 6 aliphatic carbocycles. The van der Waals surface area contributed by atoms with Crippen molar-refractivity contribution in [2.45, 2.75) is 162 Å². The molecule has 0 radical (unpaired) electrons. The predicted molar refractivity (Wildman–Crippen MR) is 167 cm³/mol. The molecule has 0 aromatic rings. The third kappa shape index (κ3) is 14.4. The zero-order valence-electron chi connectivity index (χ0n) is 26.5. The van der Waals surface area contributed by atoms with Crippen molar-refractivity contribution in [3.05, 3.63) is 19.6 Å². The van der Waals surface area contributed by atoms with Crippen molar-refractivity contribution in [2.24, 2.45) is 10.8 Å². The molecule has 0 unspecified atom stereocenters. The summed E-state index contributed by atoms with van der Waals surface area (Å²) in [5.74, 6) is 0. The van der Waals surface area contributed by atoms with Crippen LogP contribution in [0.1, 0.15) is 140 Å². The fourth-order valence-electron chi connectivity index (χ4n) is 6.57. The molecular formula is C32H59BF3KN2O4. The van der Waals surface area contributed by atoms with Crippen LogP contribution in [-0.2, 0) is 9.47 Å². The standard InChI is InChI=1S/C15H26NO2.C15H25NO2.2CH4.BF3.K/c2*1-5-14-6-9-15(10-7-14,11-8-14)16-12(17)18-13(2,3)4;;;2-1(3)4;/h1,5-11H2,2-4H3,(H,16,17);5H,1,6-11H2,2-4H3,(H,16,17);2*1H4;;/q-1;;;;;+1. The van der Waals surface area contributed by atoms with E-state index in [1.807, 2.05) is 41.5 Å². The fourth-order valence-corrected chi connectivity index (χ4v) is 6.57. The van der Waals surface area contributed by atoms with E-state index in [1.165, 1.54) is 19.3 Å². The number of hydrogen-bond donors (Lipinski definition) is 2. The van der Waals surface area contributed by atoms with E-state index in [-0.39, 0.29) is 89.5 Å². The Balaban J connectivity index is 0. The summed E-state index contributed by atoms with van der Waals surface area (Å²) in [6, 6.07) is 0. The molecule has 2 N–H and O–H groups in total. The molecule has 11 heteroatoms. The van der Waals surface area contributed by atoms with Gasteiger partial charge in [-0.05, 0) is 124 Å². The Morgan fingerprint density at radius 1 is 0.744 bits per heavy atom. The number of carbonyl (C=O) groups excluding carboxylic acids is 2. The van der Waals surface area contributed by atoms with Crippen molar-refractivity contribution in [1.29, 1.82) is 0 Å². The number of halogens is 3. The Morgan fingerprint density at radius 2 is 1.02 bits per heavy atom. The molecule has 6 fully saturated rings. The van der Waals surface area contributed by atoms with E-state index >= 15 is 0 Å². The van der Waals surface area contributed by atoms with E-state index in [4.69, 9.17) is 9.47 Å². The van der Waals surface area contributed by atoms with Crippen LogP contribution in [0.5, 0.6) is 0 Å². The topological polar surface area (TPSA) is 76.7 Å². The smallest absolute Gasteiger partial charge is 0.444 e. The zero-order chi connectivity index (χ0) is 30.5. The van der Waals surface area contributed by atoms with E-state index in [2.05, 4.69) is 30.2 Å². The van der Waals surface area contributed by atoms with Crippen LogP contribution in [0.25, 0.3) is 0 Å². The second-order valence-corrected chi connectivity index (χ2v) is 14.4. The number of carbonyl (C=O) groups is 2. The van der Waals surface area contributed by atoms with Gasteiger partial charge >= 0.3 is 71.1 Å². The first-order valence-corrected chi connectivity index (χ1v) is 14.7. The van der Waals surface area contributed by atoms with Gasteiger partial charge in [-0.1, -0.05) is 26.3 Å². The van der Waals surface area contributed by atoms with Gasteiger partial charge in [0.1, 0.15) is 11.2 Å². The summed E-state index contributed by atoms with van der Waals surface area (Å²) >= 11 is 0. The largest absolute Gasteiger partial charge is 1.00 e. The molecule has 0 aromatic carbocycles. The monoisotopic (exact) mass is 642 g/mol. The normalized spacial score (nSPS) is 30.1. The van der Waals surface area contributed by atoms with Gasteiger partial charge in [0, 0.05) is 11.1 Å². The molecule has 4 bridgehead atoms. The average molecular weight is 643 g/mol. The third-order valence-electron chi connectivity index (χ3n) is 9.20. The van der Waals surface area contributed by atoms with Crippen LogP contribution >= 0.6 is 0 Å². The van der Waals surface area contributed by atoms with Crippen molar-refractivity contribution in [3.8, 4) is 0 Å². The van der Waals surface area contributed by atoms with Gasteiger partial charge < -0.3 is 27.0 Å². The molecule has 0 saturated heterocycles. The molecule has 0 spiro atoms. The maximum atomic E-state index is 11.9. The SMILES string of the molecule is C.C.C=CC12CCC(NC(=O)OC(C)(C)C)(CC1)CC2.FB(F)F.[CH2-]CC12CCC(NC(=O)OC(C)(C)C)(CC1)CC2.[K+]. The van der Waals surface area contributed by atoms with Crippen molar-refractivity contribution < 1.29 is 83.4 Å². The van der Waals surface area contributed by atoms with E-state index in [1.54, 1.807) is 0 Å². The van der Waals surface area contributed by atoms with Crippen LogP contribution in [0, 0.1) is 17.8 Å². The number of fused-ring (bicyclic) bond motifs is 6. The summed E-state index contributed by atoms with van der Waals surface area (Å²) in [7, 11) is -3.67. The number of alkyl carbamates (subject to hydrolysis) is 2. The third-order valence-corrected chi connectivity index (χ3v) is 9.20. The minimum atomic E-state index is -3.67. The average Bonchev–Trinajstić information content (AvgIpc) is 2.83. The maximum Gasteiger partial charge on any atom is 1.00 e. The molecule has 6 aliphatic rings. The van der Waals surface area contributed by atoms with Crippen LogP contribution in [0.15, 0.2) is 12.7 Å². The summed E-state index contributed by atoms with van der Waals surface area (Å²) < 4.78 is 39.7. The zero-order valence-corrected chi connectivity index (χ0v) is 29.7. The van der Waals surface area contributed by atoms with Crippen LogP contribution < -0.4 is 62.0 Å². The molecule has 0 aromatic heterocycles. The van der Waals surface area contributed by atoms with Crippen molar-refractivity contribution >= 4 is 19.7 Å². The van der Waals surface area contributed by atoms with Crippen molar-refractivity contribution in [3.63, 3.8) is 0 Å². The first-order valence-electron chi connectivity index (χ1n) is 14.7. The molecule has 6 rings (SSSR count). The molecule has 43 heavy (non-hydrogen) atoms. The molecule has 0 aliphatic heterocycles. The van der Waals surface area contributed by atoms with Crippen LogP contribution in [0.4, 0.5) is 22.5 Å². The van der Waals surface area contributed by atoms with E-state index in [0.717, 1.165) is 64.2 Å². The van der Waals surface area contributed by atoms with Crippen LogP contribution in [0.3, 0.4) is 0 Å². The molecule has 0 atom stereocenters. The second-order valence-electron chi connectivity index (χ2n) is 14.4. The Bertz CT molecular complexity index is 841. The predicted octanol–water partition coefficient (Wildman–Crippen LogP) is 6.77. The molecule has 6 saturated carbocycles. The summed E-state index contributed by atoms with van der Waals surface area (Å²) in [6.07, 6.45) is 16.1. The minimum absolute atomic E-state index is 0. The van der Waals surface area contributed by atoms with Crippen LogP contribution in [0.2, 0.25) is 0 Å². The Hall–Kier alpha value is -0.229. The van der Waals surface area contributed by atoms with E-state index in [0.29, 0.717) is 10.8 Å². The van der Waals surface area contributed by atoms with Gasteiger partial charge in [-0.2, -0.15) is 6.42 Å². The van der Waals surface area contributed by atoms with Gasteiger partial charge in [-0.15, -0.1) is 6.58 Å². The number of allylic oxidation sites excluding steroid dienone is 1. The van der Waals surface area contributed by atoms with Gasteiger partial charge in [0.2, 0.25) is 0 Å². The Labute approximate surface area is 303 Å². The van der Waals surface area contributed by atoms with Gasteiger partial charge in [0.25, 0.3) is 0 Å². The first-order chi connectivity index (χ1) is 18.3. The van der Waals surface area contributed by atoms with Crippen molar-refractivity contribution in [2.75, 3.05) is 0 Å². The van der Waals surface area contributed by atoms with Crippen LogP contribution in [-0.4, -0.2) is 42.0 Å². The molecular weight excluding hydrogens is 583 g/mol. The number of amides is 2. The molecule has 0 heterocycles. The first kappa shape index (κ1) is 44.9. The summed E-state index contributed by atoms with van der Waals surface area (Å²) in [6.45, 7) is 19.5. The maximum absolute atomic E-state index is 11.9. The molecule has 6 nitrogen and oxygen atoms in total. The number of nitrogens with one attached hydrogen (secondary N) is 2. The van der Waals surface area contributed by atoms with Gasteiger partial charge in [-0.25, -0.2) is 9.59 Å². The van der Waals surface area contributed by atoms with E-state index < -0.39 is 18.7 Å². The second kappa shape index (κ2) is 17.6. The number of hydrogen-bond acceptors (Lipinski definition) is 4. The van der Waals surface area contributed by atoms with Gasteiger partial charge in [0.05, 0.1) is 0 Å². The summed E-state index contributed by atoms with van der Waals surface area (Å²) in [5, 5.41) is 6.26. The summed E-state index contributed by atoms with van der Waals surface area (Å²) in [4.78, 5) is 23.8. The van der Waals surface area contributed by atoms with Crippen molar-refractivity contribution in [1.82, 2.24) is 10.6 Å². The number of rotatable bonds is 4. The van der Waals surface area contributed by atoms with Gasteiger partial charge in [0.15, 0.2) is 0 Å². The quantitative estimate of drug-likeness (QED) is 0.202. The Kier molecular flexibility index (Phi) is 18.4. The van der Waals surface area contributed by atoms with Gasteiger partial charge in [-0.3, -0.25) is 12.9 Å². The molecule has 2 amide bonds. The number of ether oxygens (including phenoxy) is 2. The Morgan fingerprint density at radius 3 is 1.26 bits per heavy atom. The molecule has 246 valence electrons.